The number of fused-ring (bicyclic) bond motifs is 1. The summed E-state index contributed by atoms with van der Waals surface area (Å²) in [7, 11) is 1.56. The monoisotopic (exact) mass is 498 g/mol. The Hall–Kier alpha value is -0.930. The SMILES string of the molecule is CCCCCCCCCCCCOCC12OC(CN3CCCC3)C(OC(=O)NC)C1OC(C)(C)O2. The topological polar surface area (TPSA) is 78.5 Å². The molecule has 0 aromatic carbocycles. The highest BCUT2D eigenvalue weighted by atomic mass is 16.9. The zero-order valence-corrected chi connectivity index (χ0v) is 22.6. The molecule has 204 valence electrons. The van der Waals surface area contributed by atoms with Gasteiger partial charge in [0.2, 0.25) is 5.79 Å². The van der Waals surface area contributed by atoms with E-state index in [1.807, 2.05) is 13.8 Å². The van der Waals surface area contributed by atoms with Crippen molar-refractivity contribution in [3.63, 3.8) is 0 Å². The van der Waals surface area contributed by atoms with Crippen LogP contribution in [0.5, 0.6) is 0 Å². The molecule has 3 aliphatic rings. The van der Waals surface area contributed by atoms with E-state index in [0.717, 1.165) is 19.5 Å². The first-order chi connectivity index (χ1) is 16.9. The summed E-state index contributed by atoms with van der Waals surface area (Å²) in [6.45, 7) is 9.68. The fraction of sp³-hybridized carbons (Fsp3) is 0.963. The van der Waals surface area contributed by atoms with Crippen molar-refractivity contribution in [3.8, 4) is 0 Å². The lowest BCUT2D eigenvalue weighted by atomic mass is 10.0. The van der Waals surface area contributed by atoms with Gasteiger partial charge in [-0.2, -0.15) is 0 Å². The first kappa shape index (κ1) is 28.6. The number of nitrogens with zero attached hydrogens (tertiary/aromatic N) is 1. The molecule has 4 atom stereocenters. The molecule has 0 radical (unpaired) electrons. The van der Waals surface area contributed by atoms with E-state index < -0.39 is 29.9 Å². The van der Waals surface area contributed by atoms with Crippen LogP contribution in [0.2, 0.25) is 0 Å². The minimum atomic E-state index is -1.06. The second-order valence-electron chi connectivity index (χ2n) is 10.9. The van der Waals surface area contributed by atoms with Crippen LogP contribution in [0.1, 0.15) is 97.8 Å². The number of alkyl carbamates (subject to hydrolysis) is 1. The van der Waals surface area contributed by atoms with E-state index in [9.17, 15) is 4.79 Å². The Kier molecular flexibility index (Phi) is 11.6. The average Bonchev–Trinajstić information content (AvgIpc) is 3.49. The van der Waals surface area contributed by atoms with E-state index in [0.29, 0.717) is 13.2 Å². The second-order valence-corrected chi connectivity index (χ2v) is 10.9. The average molecular weight is 499 g/mol. The number of unbranched alkanes of at least 4 members (excludes halogenated alkanes) is 9. The zero-order chi connectivity index (χ0) is 25.2. The van der Waals surface area contributed by atoms with Crippen LogP contribution in [-0.2, 0) is 23.7 Å². The molecule has 1 N–H and O–H groups in total. The van der Waals surface area contributed by atoms with E-state index in [2.05, 4.69) is 17.1 Å². The largest absolute Gasteiger partial charge is 0.440 e. The lowest BCUT2D eigenvalue weighted by Crippen LogP contribution is -2.46. The Bertz CT molecular complexity index is 627. The molecule has 4 unspecified atom stereocenters. The van der Waals surface area contributed by atoms with Crippen molar-refractivity contribution in [1.82, 2.24) is 10.2 Å². The van der Waals surface area contributed by atoms with Crippen LogP contribution in [0.3, 0.4) is 0 Å². The summed E-state index contributed by atoms with van der Waals surface area (Å²) in [5.41, 5.74) is 0. The number of hydrogen-bond acceptors (Lipinski definition) is 7. The van der Waals surface area contributed by atoms with Gasteiger partial charge in [0.15, 0.2) is 18.0 Å². The molecule has 3 heterocycles. The summed E-state index contributed by atoms with van der Waals surface area (Å²) in [6.07, 6.45) is 13.4. The maximum absolute atomic E-state index is 12.1. The van der Waals surface area contributed by atoms with Crippen LogP contribution in [0, 0.1) is 0 Å². The Morgan fingerprint density at radius 3 is 2.23 bits per heavy atom. The predicted octanol–water partition coefficient (Wildman–Crippen LogP) is 4.99. The summed E-state index contributed by atoms with van der Waals surface area (Å²) < 4.78 is 30.9. The second kappa shape index (κ2) is 14.1. The standard InChI is InChI=1S/C27H50N2O6/c1-5-6-7-8-9-10-11-12-13-16-19-31-21-27-24(34-26(2,3)35-27)23(32-25(30)28-4)22(33-27)20-29-17-14-15-18-29/h22-24H,5-21H2,1-4H3,(H,28,30). The highest BCUT2D eigenvalue weighted by Crippen LogP contribution is 2.47. The van der Waals surface area contributed by atoms with Gasteiger partial charge in [0.05, 0.1) is 0 Å². The van der Waals surface area contributed by atoms with Crippen LogP contribution in [0.4, 0.5) is 4.79 Å². The molecule has 8 heteroatoms. The number of amides is 1. The third kappa shape index (κ3) is 8.56. The van der Waals surface area contributed by atoms with E-state index in [-0.39, 0.29) is 12.7 Å². The molecule has 8 nitrogen and oxygen atoms in total. The van der Waals surface area contributed by atoms with Gasteiger partial charge in [-0.25, -0.2) is 4.79 Å². The molecule has 0 saturated carbocycles. The van der Waals surface area contributed by atoms with Crippen molar-refractivity contribution in [2.24, 2.45) is 0 Å². The van der Waals surface area contributed by atoms with Gasteiger partial charge in [-0.3, -0.25) is 0 Å². The Morgan fingerprint density at radius 2 is 1.60 bits per heavy atom. The van der Waals surface area contributed by atoms with Crippen molar-refractivity contribution in [3.05, 3.63) is 0 Å². The highest BCUT2D eigenvalue weighted by molar-refractivity contribution is 5.67. The van der Waals surface area contributed by atoms with Gasteiger partial charge in [0.25, 0.3) is 0 Å². The van der Waals surface area contributed by atoms with Crippen LogP contribution < -0.4 is 5.32 Å². The van der Waals surface area contributed by atoms with E-state index in [1.54, 1.807) is 7.05 Å². The van der Waals surface area contributed by atoms with Crippen molar-refractivity contribution < 1.29 is 28.5 Å². The lowest BCUT2D eigenvalue weighted by Gasteiger charge is -2.30. The highest BCUT2D eigenvalue weighted by Gasteiger charge is 2.66. The fourth-order valence-corrected chi connectivity index (χ4v) is 5.55. The maximum atomic E-state index is 12.1. The van der Waals surface area contributed by atoms with Crippen LogP contribution in [-0.4, -0.2) is 80.8 Å². The van der Waals surface area contributed by atoms with Crippen molar-refractivity contribution >= 4 is 6.09 Å². The van der Waals surface area contributed by atoms with Gasteiger partial charge in [-0.05, 0) is 46.2 Å². The van der Waals surface area contributed by atoms with Crippen molar-refractivity contribution in [2.45, 2.75) is 128 Å². The number of ether oxygens (including phenoxy) is 5. The van der Waals surface area contributed by atoms with Crippen LogP contribution >= 0.6 is 0 Å². The van der Waals surface area contributed by atoms with Crippen LogP contribution in [0.15, 0.2) is 0 Å². The summed E-state index contributed by atoms with van der Waals surface area (Å²) in [5, 5.41) is 2.55. The maximum Gasteiger partial charge on any atom is 0.407 e. The molecule has 0 aromatic rings. The number of nitrogens with one attached hydrogen (secondary N) is 1. The van der Waals surface area contributed by atoms with Crippen LogP contribution in [0.25, 0.3) is 0 Å². The third-order valence-electron chi connectivity index (χ3n) is 7.31. The Balaban J connectivity index is 1.46. The molecule has 0 bridgehead atoms. The molecule has 1 amide bonds. The number of rotatable bonds is 16. The van der Waals surface area contributed by atoms with Gasteiger partial charge in [-0.1, -0.05) is 64.7 Å². The van der Waals surface area contributed by atoms with Gasteiger partial charge in [0, 0.05) is 20.2 Å². The normalized spacial score (nSPS) is 30.0. The van der Waals surface area contributed by atoms with Crippen molar-refractivity contribution in [1.29, 1.82) is 0 Å². The molecule has 0 aliphatic carbocycles. The van der Waals surface area contributed by atoms with E-state index in [1.165, 1.54) is 70.6 Å². The first-order valence-electron chi connectivity index (χ1n) is 14.1. The first-order valence-corrected chi connectivity index (χ1v) is 14.1. The number of carbonyl (C=O) groups excluding carboxylic acids is 1. The molecule has 3 aliphatic heterocycles. The summed E-state index contributed by atoms with van der Waals surface area (Å²) in [4.78, 5) is 14.5. The molecule has 0 aromatic heterocycles. The summed E-state index contributed by atoms with van der Waals surface area (Å²) in [6, 6.07) is 0. The number of likely N-dealkylation sites (tertiary alicyclic amines) is 1. The fourth-order valence-electron chi connectivity index (χ4n) is 5.55. The zero-order valence-electron chi connectivity index (χ0n) is 22.6. The molecule has 3 rings (SSSR count). The number of hydrogen-bond donors (Lipinski definition) is 1. The Morgan fingerprint density at radius 1 is 0.971 bits per heavy atom. The lowest BCUT2D eigenvalue weighted by molar-refractivity contribution is -0.279. The minimum absolute atomic E-state index is 0.266. The van der Waals surface area contributed by atoms with Gasteiger partial charge < -0.3 is 33.9 Å². The molecule has 35 heavy (non-hydrogen) atoms. The van der Waals surface area contributed by atoms with Gasteiger partial charge in [0.1, 0.15) is 12.7 Å². The molecule has 3 saturated heterocycles. The summed E-state index contributed by atoms with van der Waals surface area (Å²) in [5.74, 6) is -1.90. The quantitative estimate of drug-likeness (QED) is 0.300. The van der Waals surface area contributed by atoms with E-state index in [4.69, 9.17) is 23.7 Å². The molecule has 0 spiro atoms. The van der Waals surface area contributed by atoms with Gasteiger partial charge in [-0.15, -0.1) is 0 Å². The predicted molar refractivity (Wildman–Crippen MR) is 135 cm³/mol. The number of carbonyl (C=O) groups is 1. The summed E-state index contributed by atoms with van der Waals surface area (Å²) >= 11 is 0. The smallest absolute Gasteiger partial charge is 0.407 e. The van der Waals surface area contributed by atoms with Gasteiger partial charge >= 0.3 is 6.09 Å². The van der Waals surface area contributed by atoms with E-state index >= 15 is 0 Å². The third-order valence-corrected chi connectivity index (χ3v) is 7.31. The Labute approximate surface area is 212 Å². The van der Waals surface area contributed by atoms with Crippen molar-refractivity contribution in [2.75, 3.05) is 39.9 Å². The molecular weight excluding hydrogens is 448 g/mol. The molecular formula is C27H50N2O6. The minimum Gasteiger partial charge on any atom is -0.440 e. The molecule has 3 fully saturated rings.